The summed E-state index contributed by atoms with van der Waals surface area (Å²) in [7, 11) is 1.67. The molecule has 2 saturated heterocycles. The van der Waals surface area contributed by atoms with E-state index in [9.17, 15) is 9.59 Å². The molecule has 3 aliphatic heterocycles. The standard InChI is InChI=1S/C17H23N7O3S/c1-22-13-12(14(25)21-17(22)26)24(16(20-13)23-7-9-27-10-8-23)6-3-11-28-15-18-4-2-5-19-15/h2,4-5,12-13H,3,6-11H2,1H3,(H,21,25,26). The molecular weight excluding hydrogens is 382 g/mol. The van der Waals surface area contributed by atoms with Gasteiger partial charge in [0, 0.05) is 44.8 Å². The fourth-order valence-electron chi connectivity index (χ4n) is 3.54. The summed E-state index contributed by atoms with van der Waals surface area (Å²) in [4.78, 5) is 43.5. The molecular formula is C17H23N7O3S. The number of aromatic nitrogens is 2. The molecule has 0 aromatic carbocycles. The normalized spacial score (nSPS) is 24.9. The van der Waals surface area contributed by atoms with Crippen molar-refractivity contribution < 1.29 is 14.3 Å². The number of fused-ring (bicyclic) bond motifs is 1. The van der Waals surface area contributed by atoms with E-state index < -0.39 is 18.2 Å². The summed E-state index contributed by atoms with van der Waals surface area (Å²) in [5.41, 5.74) is 0. The van der Waals surface area contributed by atoms with Crippen molar-refractivity contribution in [3.05, 3.63) is 18.5 Å². The van der Waals surface area contributed by atoms with Gasteiger partial charge in [-0.3, -0.25) is 10.1 Å². The minimum atomic E-state index is -0.501. The van der Waals surface area contributed by atoms with Crippen LogP contribution in [0.25, 0.3) is 0 Å². The van der Waals surface area contributed by atoms with Gasteiger partial charge in [-0.2, -0.15) is 0 Å². The number of amides is 3. The van der Waals surface area contributed by atoms with Crippen LogP contribution in [0.2, 0.25) is 0 Å². The molecule has 4 rings (SSSR count). The van der Waals surface area contributed by atoms with Gasteiger partial charge in [-0.1, -0.05) is 11.8 Å². The number of aliphatic imine (C=N–C) groups is 1. The lowest BCUT2D eigenvalue weighted by Crippen LogP contribution is -2.64. The molecule has 1 N–H and O–H groups in total. The Kier molecular flexibility index (Phi) is 5.62. The zero-order chi connectivity index (χ0) is 19.5. The van der Waals surface area contributed by atoms with E-state index in [1.54, 1.807) is 37.3 Å². The Bertz CT molecular complexity index is 756. The third-order valence-electron chi connectivity index (χ3n) is 4.95. The molecule has 10 nitrogen and oxygen atoms in total. The highest BCUT2D eigenvalue weighted by Gasteiger charge is 2.49. The number of ether oxygens (including phenoxy) is 1. The largest absolute Gasteiger partial charge is 0.378 e. The number of carbonyl (C=O) groups is 2. The summed E-state index contributed by atoms with van der Waals surface area (Å²) in [6, 6.07) is 0.882. The van der Waals surface area contributed by atoms with Crippen molar-refractivity contribution in [2.75, 3.05) is 45.6 Å². The number of nitrogens with one attached hydrogen (secondary N) is 1. The van der Waals surface area contributed by atoms with Crippen LogP contribution in [0.1, 0.15) is 6.42 Å². The van der Waals surface area contributed by atoms with Crippen LogP contribution in [0.15, 0.2) is 28.6 Å². The van der Waals surface area contributed by atoms with Gasteiger partial charge in [0.25, 0.3) is 5.91 Å². The van der Waals surface area contributed by atoms with Gasteiger partial charge < -0.3 is 19.4 Å². The lowest BCUT2D eigenvalue weighted by atomic mass is 10.1. The molecule has 28 heavy (non-hydrogen) atoms. The number of imide groups is 1. The minimum absolute atomic E-state index is 0.292. The second-order valence-electron chi connectivity index (χ2n) is 6.72. The third kappa shape index (κ3) is 3.76. The van der Waals surface area contributed by atoms with Crippen LogP contribution in [0.5, 0.6) is 0 Å². The van der Waals surface area contributed by atoms with Gasteiger partial charge in [0.1, 0.15) is 0 Å². The summed E-state index contributed by atoms with van der Waals surface area (Å²) in [5, 5.41) is 3.18. The Hall–Kier alpha value is -2.40. The Morgan fingerprint density at radius 3 is 2.75 bits per heavy atom. The van der Waals surface area contributed by atoms with Gasteiger partial charge in [-0.15, -0.1) is 0 Å². The smallest absolute Gasteiger partial charge is 0.325 e. The molecule has 2 unspecified atom stereocenters. The number of urea groups is 1. The lowest BCUT2D eigenvalue weighted by molar-refractivity contribution is -0.127. The predicted molar refractivity (Wildman–Crippen MR) is 103 cm³/mol. The van der Waals surface area contributed by atoms with Gasteiger partial charge in [0.2, 0.25) is 0 Å². The highest BCUT2D eigenvalue weighted by molar-refractivity contribution is 7.99. The van der Waals surface area contributed by atoms with Gasteiger partial charge in [0.05, 0.1) is 13.2 Å². The molecule has 0 bridgehead atoms. The first kappa shape index (κ1) is 18.9. The average molecular weight is 405 g/mol. The van der Waals surface area contributed by atoms with Crippen LogP contribution in [0.3, 0.4) is 0 Å². The Labute approximate surface area is 167 Å². The van der Waals surface area contributed by atoms with Crippen molar-refractivity contribution in [3.63, 3.8) is 0 Å². The van der Waals surface area contributed by atoms with Gasteiger partial charge in [-0.25, -0.2) is 19.8 Å². The van der Waals surface area contributed by atoms with Crippen LogP contribution >= 0.6 is 11.8 Å². The monoisotopic (exact) mass is 405 g/mol. The quantitative estimate of drug-likeness (QED) is 0.410. The van der Waals surface area contributed by atoms with E-state index in [0.717, 1.165) is 36.4 Å². The highest BCUT2D eigenvalue weighted by Crippen LogP contribution is 2.26. The van der Waals surface area contributed by atoms with E-state index in [4.69, 9.17) is 9.73 Å². The summed E-state index contributed by atoms with van der Waals surface area (Å²) < 4.78 is 5.44. The lowest BCUT2D eigenvalue weighted by Gasteiger charge is -2.38. The van der Waals surface area contributed by atoms with Crippen LogP contribution < -0.4 is 5.32 Å². The Morgan fingerprint density at radius 2 is 2.00 bits per heavy atom. The molecule has 2 atom stereocenters. The van der Waals surface area contributed by atoms with Crippen LogP contribution in [0, 0.1) is 0 Å². The molecule has 0 spiro atoms. The van der Waals surface area contributed by atoms with Gasteiger partial charge in [-0.05, 0) is 12.5 Å². The van der Waals surface area contributed by atoms with E-state index in [1.807, 2.05) is 4.90 Å². The number of morpholine rings is 1. The fraction of sp³-hybridized carbons (Fsp3) is 0.588. The maximum atomic E-state index is 12.6. The molecule has 0 aliphatic carbocycles. The number of likely N-dealkylation sites (N-methyl/N-ethyl adjacent to an activating group) is 1. The highest BCUT2D eigenvalue weighted by atomic mass is 32.2. The molecule has 0 saturated carbocycles. The van der Waals surface area contributed by atoms with E-state index in [1.165, 1.54) is 4.90 Å². The predicted octanol–water partition coefficient (Wildman–Crippen LogP) is -0.161. The van der Waals surface area contributed by atoms with E-state index >= 15 is 0 Å². The van der Waals surface area contributed by atoms with Crippen LogP contribution in [0.4, 0.5) is 4.79 Å². The van der Waals surface area contributed by atoms with Crippen molar-refractivity contribution >= 4 is 29.7 Å². The van der Waals surface area contributed by atoms with Crippen molar-refractivity contribution in [3.8, 4) is 0 Å². The maximum absolute atomic E-state index is 12.6. The number of carbonyl (C=O) groups excluding carboxylic acids is 2. The van der Waals surface area contributed by atoms with Crippen LogP contribution in [-0.4, -0.2) is 100 Å². The maximum Gasteiger partial charge on any atom is 0.325 e. The van der Waals surface area contributed by atoms with Crippen molar-refractivity contribution in [1.29, 1.82) is 0 Å². The summed E-state index contributed by atoms with van der Waals surface area (Å²) in [5.74, 6) is 1.31. The van der Waals surface area contributed by atoms with Crippen molar-refractivity contribution in [2.45, 2.75) is 23.8 Å². The molecule has 3 aliphatic rings. The topological polar surface area (TPSA) is 103 Å². The SMILES string of the molecule is CN1C(=O)NC(=O)C2C1N=C(N1CCOCC1)N2CCCSc1ncccn1. The second-order valence-corrected chi connectivity index (χ2v) is 7.78. The number of guanidine groups is 1. The van der Waals surface area contributed by atoms with Gasteiger partial charge in [0.15, 0.2) is 23.3 Å². The zero-order valence-corrected chi connectivity index (χ0v) is 16.5. The average Bonchev–Trinajstić information content (AvgIpc) is 3.11. The number of thioether (sulfide) groups is 1. The Balaban J connectivity index is 1.46. The summed E-state index contributed by atoms with van der Waals surface area (Å²) in [6.07, 6.45) is 3.79. The molecule has 2 fully saturated rings. The number of hydrogen-bond acceptors (Lipinski definition) is 9. The molecule has 11 heteroatoms. The number of rotatable bonds is 5. The summed E-state index contributed by atoms with van der Waals surface area (Å²) in [6.45, 7) is 3.36. The first-order valence-electron chi connectivity index (χ1n) is 9.30. The van der Waals surface area contributed by atoms with E-state index in [0.29, 0.717) is 19.8 Å². The van der Waals surface area contributed by atoms with E-state index in [-0.39, 0.29) is 5.91 Å². The van der Waals surface area contributed by atoms with Crippen molar-refractivity contribution in [1.82, 2.24) is 30.0 Å². The van der Waals surface area contributed by atoms with Crippen LogP contribution in [-0.2, 0) is 9.53 Å². The fourth-order valence-corrected chi connectivity index (χ4v) is 4.26. The summed E-state index contributed by atoms with van der Waals surface area (Å²) >= 11 is 1.58. The molecule has 1 aromatic heterocycles. The zero-order valence-electron chi connectivity index (χ0n) is 15.7. The third-order valence-corrected chi connectivity index (χ3v) is 5.91. The Morgan fingerprint density at radius 1 is 1.25 bits per heavy atom. The minimum Gasteiger partial charge on any atom is -0.378 e. The number of nitrogens with zero attached hydrogens (tertiary/aromatic N) is 6. The molecule has 150 valence electrons. The first-order valence-corrected chi connectivity index (χ1v) is 10.3. The molecule has 3 amide bonds. The molecule has 0 radical (unpaired) electrons. The second kappa shape index (κ2) is 8.31. The van der Waals surface area contributed by atoms with Crippen molar-refractivity contribution in [2.24, 2.45) is 4.99 Å². The molecule has 1 aromatic rings. The first-order chi connectivity index (χ1) is 13.6. The van der Waals surface area contributed by atoms with Gasteiger partial charge >= 0.3 is 6.03 Å². The molecule has 4 heterocycles. The number of hydrogen-bond donors (Lipinski definition) is 1. The van der Waals surface area contributed by atoms with E-state index in [2.05, 4.69) is 20.2 Å².